The van der Waals surface area contributed by atoms with Gasteiger partial charge in [0.05, 0.1) is 19.6 Å². The Kier molecular flexibility index (Phi) is 22.1. The van der Waals surface area contributed by atoms with Crippen LogP contribution in [0.1, 0.15) is 105 Å². The van der Waals surface area contributed by atoms with Crippen molar-refractivity contribution in [3.8, 4) is 0 Å². The summed E-state index contributed by atoms with van der Waals surface area (Å²) in [6.07, 6.45) is 13.0. The smallest absolute Gasteiger partial charge is 1.00 e. The first-order chi connectivity index (χ1) is 13.8. The van der Waals surface area contributed by atoms with Crippen LogP contribution >= 0.6 is 0 Å². The molecule has 0 bridgehead atoms. The van der Waals surface area contributed by atoms with Gasteiger partial charge in [-0.1, -0.05) is 84.5 Å². The average Bonchev–Trinajstić information content (AvgIpc) is 2.66. The van der Waals surface area contributed by atoms with Crippen molar-refractivity contribution in [2.75, 3.05) is 13.2 Å². The molecule has 0 aromatic carbocycles. The molecule has 174 valence electrons. The van der Waals surface area contributed by atoms with Crippen molar-refractivity contribution >= 4 is 22.1 Å². The molecule has 0 aliphatic heterocycles. The molecule has 0 fully saturated rings. The topological polar surface area (TPSA) is 107 Å². The van der Waals surface area contributed by atoms with Gasteiger partial charge in [0.2, 0.25) is 0 Å². The summed E-state index contributed by atoms with van der Waals surface area (Å²) in [7, 11) is -4.73. The molecule has 7 nitrogen and oxygen atoms in total. The Bertz CT molecular complexity index is 544. The largest absolute Gasteiger partial charge is 1.00 e. The number of rotatable bonds is 19. The van der Waals surface area contributed by atoms with Crippen LogP contribution in [-0.4, -0.2) is 43.4 Å². The average molecular weight is 461 g/mol. The van der Waals surface area contributed by atoms with Crippen molar-refractivity contribution in [3.63, 3.8) is 0 Å². The minimum absolute atomic E-state index is 0. The third-order valence-electron chi connectivity index (χ3n) is 4.73. The van der Waals surface area contributed by atoms with Crippen LogP contribution in [0, 0.1) is 0 Å². The van der Waals surface area contributed by atoms with Gasteiger partial charge in [-0.05, 0) is 12.8 Å². The molecule has 0 aromatic heterocycles. The molecule has 0 aliphatic rings. The van der Waals surface area contributed by atoms with Crippen molar-refractivity contribution in [3.05, 3.63) is 0 Å². The normalized spacial score (nSPS) is 12.1. The Morgan fingerprint density at radius 3 is 1.67 bits per heavy atom. The number of hydrogen-bond acceptors (Lipinski definition) is 6. The van der Waals surface area contributed by atoms with Gasteiger partial charge in [-0.15, -0.1) is 0 Å². The second-order valence-corrected chi connectivity index (χ2v) is 9.08. The predicted molar refractivity (Wildman–Crippen MR) is 114 cm³/mol. The second kappa shape index (κ2) is 20.7. The Hall–Kier alpha value is -0.150. The van der Waals surface area contributed by atoms with Gasteiger partial charge in [-0.3, -0.25) is 14.1 Å². The van der Waals surface area contributed by atoms with Crippen LogP contribution in [0.5, 0.6) is 0 Å². The van der Waals surface area contributed by atoms with Crippen LogP contribution in [0.25, 0.3) is 0 Å². The Balaban J connectivity index is -0.00000392. The van der Waals surface area contributed by atoms with E-state index >= 15 is 0 Å². The fraction of sp³-hybridized carbons (Fsp3) is 0.905. The van der Waals surface area contributed by atoms with Crippen LogP contribution in [0.4, 0.5) is 0 Å². The van der Waals surface area contributed by atoms with Crippen molar-refractivity contribution in [2.24, 2.45) is 0 Å². The molecule has 0 heterocycles. The summed E-state index contributed by atoms with van der Waals surface area (Å²) in [6, 6.07) is 0. The Morgan fingerprint density at radius 1 is 0.767 bits per heavy atom. The first kappa shape index (κ1) is 32.0. The molecule has 1 unspecified atom stereocenters. The van der Waals surface area contributed by atoms with Crippen molar-refractivity contribution in [1.29, 1.82) is 0 Å². The fourth-order valence-electron chi connectivity index (χ4n) is 2.91. The third kappa shape index (κ3) is 18.6. The molecule has 0 spiro atoms. The number of hydrogen-bond donors (Lipinski definition) is 1. The maximum Gasteiger partial charge on any atom is 1.00 e. The van der Waals surface area contributed by atoms with Crippen molar-refractivity contribution in [2.45, 2.75) is 109 Å². The zero-order valence-corrected chi connectivity index (χ0v) is 22.0. The van der Waals surface area contributed by atoms with Gasteiger partial charge < -0.3 is 10.9 Å². The van der Waals surface area contributed by atoms with E-state index in [-0.39, 0.29) is 44.2 Å². The van der Waals surface area contributed by atoms with E-state index in [0.717, 1.165) is 32.1 Å². The summed E-state index contributed by atoms with van der Waals surface area (Å²) in [4.78, 5) is 23.7. The molecule has 0 aliphatic carbocycles. The zero-order chi connectivity index (χ0) is 22.0. The molecular formula is C21H41NaO7S. The van der Waals surface area contributed by atoms with E-state index in [2.05, 4.69) is 6.92 Å². The summed E-state index contributed by atoms with van der Waals surface area (Å²) in [5.41, 5.74) is 0. The van der Waals surface area contributed by atoms with E-state index in [1.807, 2.05) is 6.92 Å². The number of carbonyl (C=O) groups is 2. The summed E-state index contributed by atoms with van der Waals surface area (Å²) in [5.74, 6) is -1.94. The Morgan fingerprint density at radius 2 is 1.17 bits per heavy atom. The zero-order valence-electron chi connectivity index (χ0n) is 20.2. The van der Waals surface area contributed by atoms with E-state index in [1.54, 1.807) is 0 Å². The molecule has 0 radical (unpaired) electrons. The fourth-order valence-corrected chi connectivity index (χ4v) is 3.57. The van der Waals surface area contributed by atoms with E-state index in [4.69, 9.17) is 9.47 Å². The van der Waals surface area contributed by atoms with Gasteiger partial charge in [0.1, 0.15) is 0 Å². The molecule has 0 saturated carbocycles. The molecule has 0 aromatic rings. The van der Waals surface area contributed by atoms with E-state index in [1.165, 1.54) is 38.5 Å². The van der Waals surface area contributed by atoms with Gasteiger partial charge in [0.25, 0.3) is 10.1 Å². The molecule has 9 heteroatoms. The number of carbonyl (C=O) groups excluding carboxylic acids is 2. The number of ether oxygens (including phenoxy) is 2. The standard InChI is InChI=1S/C21H40O7S.Na.H/c1-3-5-7-8-9-10-11-12-13-15-17-28-21(23)19(29(24,25)26)18-20(22)27-16-14-6-4-2;;/h19H,3-18H2,1-2H3,(H,24,25,26);;/q;+1;-1. The molecule has 0 amide bonds. The minimum atomic E-state index is -4.73. The molecule has 1 N–H and O–H groups in total. The first-order valence-corrected chi connectivity index (χ1v) is 12.6. The Labute approximate surface area is 206 Å². The monoisotopic (exact) mass is 460 g/mol. The SMILES string of the molecule is CCCCCCCCCCCCOC(=O)C(CC(=O)OCCCCC)S(=O)(=O)O.[H-].[Na+]. The minimum Gasteiger partial charge on any atom is -1.00 e. The quantitative estimate of drug-likeness (QED) is 0.136. The molecule has 30 heavy (non-hydrogen) atoms. The van der Waals surface area contributed by atoms with E-state index in [9.17, 15) is 22.6 Å². The van der Waals surface area contributed by atoms with E-state index in [0.29, 0.717) is 12.8 Å². The maximum atomic E-state index is 12.0. The van der Waals surface area contributed by atoms with Crippen molar-refractivity contribution in [1.82, 2.24) is 0 Å². The molecule has 0 saturated heterocycles. The second-order valence-electron chi connectivity index (χ2n) is 7.48. The predicted octanol–water partition coefficient (Wildman–Crippen LogP) is 1.95. The summed E-state index contributed by atoms with van der Waals surface area (Å²) in [6.45, 7) is 4.44. The van der Waals surface area contributed by atoms with Crippen molar-refractivity contribution < 1.29 is 63.0 Å². The van der Waals surface area contributed by atoms with Crippen LogP contribution in [0.3, 0.4) is 0 Å². The summed E-state index contributed by atoms with van der Waals surface area (Å²) in [5, 5.41) is -1.93. The number of esters is 2. The van der Waals surface area contributed by atoms with Gasteiger partial charge in [-0.25, -0.2) is 0 Å². The number of unbranched alkanes of at least 4 members (excludes halogenated alkanes) is 11. The van der Waals surface area contributed by atoms with E-state index < -0.39 is 33.7 Å². The maximum absolute atomic E-state index is 12.0. The molecule has 0 rings (SSSR count). The van der Waals surface area contributed by atoms with Gasteiger partial charge in [0, 0.05) is 0 Å². The van der Waals surface area contributed by atoms with Crippen LogP contribution in [0.2, 0.25) is 0 Å². The van der Waals surface area contributed by atoms with Gasteiger partial charge in [0.15, 0.2) is 5.25 Å². The van der Waals surface area contributed by atoms with Crippen LogP contribution < -0.4 is 29.6 Å². The molecule has 1 atom stereocenters. The summed E-state index contributed by atoms with van der Waals surface area (Å²) >= 11 is 0. The molecular weight excluding hydrogens is 419 g/mol. The summed E-state index contributed by atoms with van der Waals surface area (Å²) < 4.78 is 42.0. The first-order valence-electron chi connectivity index (χ1n) is 11.1. The van der Waals surface area contributed by atoms with Crippen LogP contribution in [0.15, 0.2) is 0 Å². The van der Waals surface area contributed by atoms with Crippen LogP contribution in [-0.2, 0) is 29.2 Å². The van der Waals surface area contributed by atoms with Gasteiger partial charge >= 0.3 is 41.5 Å². The van der Waals surface area contributed by atoms with Gasteiger partial charge in [-0.2, -0.15) is 8.42 Å². The third-order valence-corrected chi connectivity index (χ3v) is 5.81.